The molecule has 26 N–H and O–H groups in total. The predicted molar refractivity (Wildman–Crippen MR) is 46.2 cm³/mol. The van der Waals surface area contributed by atoms with Crippen molar-refractivity contribution >= 4 is 0 Å². The van der Waals surface area contributed by atoms with E-state index in [1.54, 1.807) is 0 Å². The quantitative estimate of drug-likeness (QED) is 0.396. The van der Waals surface area contributed by atoms with Crippen LogP contribution in [0.5, 0.6) is 0 Å². The van der Waals surface area contributed by atoms with E-state index in [1.165, 1.54) is 0 Å². The van der Waals surface area contributed by atoms with E-state index in [-0.39, 0.29) is 67.1 Å². The third-order valence-electron chi connectivity index (χ3n) is 0. The van der Waals surface area contributed by atoms with Crippen molar-refractivity contribution in [2.45, 2.75) is 0 Å². The zero-order valence-corrected chi connectivity index (χ0v) is 6.41. The molecule has 0 heterocycles. The van der Waals surface area contributed by atoms with E-state index >= 15 is 0 Å². The van der Waals surface area contributed by atoms with Crippen LogP contribution in [-0.2, 0) is 0 Å². The van der Waals surface area contributed by atoms with Crippen molar-refractivity contribution in [1.29, 1.82) is 0 Å². The van der Waals surface area contributed by atoms with Gasteiger partial charge in [0.15, 0.2) is 0 Å². The Bertz CT molecular complexity index is 7.80. The minimum absolute atomic E-state index is 0. The van der Waals surface area contributed by atoms with E-state index < -0.39 is 0 Å². The first-order valence-corrected chi connectivity index (χ1v) is 0. The van der Waals surface area contributed by atoms with Gasteiger partial charge in [0.25, 0.3) is 0 Å². The maximum Gasteiger partial charge on any atom is -0.344 e. The largest absolute Gasteiger partial charge is 0.412 e. The van der Waals surface area contributed by atoms with Gasteiger partial charge in [-0.15, -0.1) is 0 Å². The first-order chi connectivity index (χ1) is 0. The average molecular weight is 214 g/mol. The summed E-state index contributed by atoms with van der Waals surface area (Å²) in [4.78, 5) is 0. The second-order valence-corrected chi connectivity index (χ2v) is 0. The summed E-state index contributed by atoms with van der Waals surface area (Å²) < 4.78 is 0. The van der Waals surface area contributed by atoms with Gasteiger partial charge >= 0.3 is 0 Å². The zero-order valence-electron chi connectivity index (χ0n) is 6.41. The van der Waals surface area contributed by atoms with Gasteiger partial charge in [0.1, 0.15) is 0 Å². The molecule has 0 aromatic rings. The van der Waals surface area contributed by atoms with E-state index in [9.17, 15) is 0 Å². The molecule has 0 rings (SSSR count). The van der Waals surface area contributed by atoms with Gasteiger partial charge in [-0.3, -0.25) is 0 Å². The van der Waals surface area contributed by atoms with Crippen molar-refractivity contribution in [2.75, 3.05) is 0 Å². The highest BCUT2D eigenvalue weighted by atomic mass is 16.0. The smallest absolute Gasteiger partial charge is 0.344 e. The van der Waals surface area contributed by atoms with Crippen LogP contribution >= 0.6 is 0 Å². The Labute approximate surface area is 68.4 Å². The van der Waals surface area contributed by atoms with Crippen molar-refractivity contribution in [3.05, 3.63) is 0 Å². The summed E-state index contributed by atoms with van der Waals surface area (Å²) in [6, 6.07) is 0. The third kappa shape index (κ3) is 3000. The molecule has 0 aliphatic rings. The fraction of sp³-hybridized carbons (Fsp3) is 0. The van der Waals surface area contributed by atoms with E-state index in [4.69, 9.17) is 0 Å². The lowest BCUT2D eigenvalue weighted by Gasteiger charge is -0.413. The molecular weight excluding hydrogens is 188 g/mol. The Balaban J connectivity index is 0. The van der Waals surface area contributed by atoms with E-state index in [0.29, 0.717) is 0 Å². The summed E-state index contributed by atoms with van der Waals surface area (Å²) >= 11 is 0. The molecule has 0 radical (unpaired) electrons. The molecule has 0 bridgehead atoms. The molecule has 0 aliphatic carbocycles. The first-order valence-electron chi connectivity index (χ1n) is 0. The van der Waals surface area contributed by atoms with Crippen molar-refractivity contribution in [3.63, 3.8) is 0 Å². The summed E-state index contributed by atoms with van der Waals surface area (Å²) in [6.07, 6.45) is 0. The van der Waals surface area contributed by atoms with Crippen LogP contribution in [-0.4, -0.2) is 54.8 Å². The molecule has 0 aromatic heterocycles. The summed E-state index contributed by atoms with van der Waals surface area (Å²) in [7, 11) is 0. The molecule has 0 unspecified atom stereocenters. The predicted octanol–water partition coefficient (Wildman–Crippen LogP) is -7.92. The van der Waals surface area contributed by atoms with Crippen LogP contribution < -0.4 is 12.3 Å². The third-order valence-corrected chi connectivity index (χ3v) is 0. The Kier molecular flexibility index (Phi) is 1910000. The molecule has 12 heteroatoms. The normalized spacial score (nSPS) is 0. The Morgan fingerprint density at radius 3 is 0.167 bits per heavy atom. The minimum Gasteiger partial charge on any atom is -0.412 e. The fourth-order valence-electron chi connectivity index (χ4n) is 0. The van der Waals surface area contributed by atoms with Crippen molar-refractivity contribution in [2.24, 2.45) is 0 Å². The molecular formula is H26N2O10. The molecule has 12 heavy (non-hydrogen) atoms. The van der Waals surface area contributed by atoms with Crippen molar-refractivity contribution in [1.82, 2.24) is 12.3 Å². The second kappa shape index (κ2) is 4140. The van der Waals surface area contributed by atoms with Crippen molar-refractivity contribution in [3.8, 4) is 0 Å². The lowest BCUT2D eigenvalue weighted by Crippen LogP contribution is -0.482. The molecule has 0 spiro atoms. The first kappa shape index (κ1) is 5530. The Morgan fingerprint density at radius 1 is 0.167 bits per heavy atom. The maximum absolute atomic E-state index is 0. The van der Waals surface area contributed by atoms with E-state index in [1.807, 2.05) is 0 Å². The zero-order chi connectivity index (χ0) is 0. The lowest BCUT2D eigenvalue weighted by atomic mass is 14.0. The molecule has 96 valence electrons. The lowest BCUT2D eigenvalue weighted by molar-refractivity contribution is 0.823. The van der Waals surface area contributed by atoms with Gasteiger partial charge in [0.2, 0.25) is 0 Å². The molecule has 0 aliphatic heterocycles. The SMILES string of the molecule is N.N.O.O.O.O.O.O.O.O.O.O. The standard InChI is InChI=1S/2H3N.10H2O/h2*1H3;10*1H2. The van der Waals surface area contributed by atoms with Crippen LogP contribution in [0.2, 0.25) is 0 Å². The highest BCUT2D eigenvalue weighted by molar-refractivity contribution is 2.14. The number of rotatable bonds is 0. The van der Waals surface area contributed by atoms with Crippen LogP contribution in [0, 0.1) is 0 Å². The average Bonchev–Trinajstić information content (AvgIpc) is 0. The number of hydrogen-bond donors (Lipinski definition) is 2. The van der Waals surface area contributed by atoms with Gasteiger partial charge in [-0.25, -0.2) is 0 Å². The van der Waals surface area contributed by atoms with Gasteiger partial charge < -0.3 is 67.1 Å². The van der Waals surface area contributed by atoms with Crippen LogP contribution in [0.15, 0.2) is 0 Å². The van der Waals surface area contributed by atoms with Crippen LogP contribution in [0.25, 0.3) is 0 Å². The van der Waals surface area contributed by atoms with Crippen LogP contribution in [0.1, 0.15) is 0 Å². The second-order valence-electron chi connectivity index (χ2n) is 0. The van der Waals surface area contributed by atoms with Gasteiger partial charge in [0.05, 0.1) is 0 Å². The summed E-state index contributed by atoms with van der Waals surface area (Å²) in [5.74, 6) is 0. The Morgan fingerprint density at radius 2 is 0.167 bits per heavy atom. The fourth-order valence-corrected chi connectivity index (χ4v) is 0. The maximum atomic E-state index is 0. The molecule has 12 nitrogen and oxygen atoms in total. The summed E-state index contributed by atoms with van der Waals surface area (Å²) in [5, 5.41) is 0. The molecule has 0 saturated carbocycles. The van der Waals surface area contributed by atoms with Crippen molar-refractivity contribution < 1.29 is 54.8 Å². The Hall–Kier alpha value is -0.480. The van der Waals surface area contributed by atoms with Gasteiger partial charge in [-0.2, -0.15) is 0 Å². The van der Waals surface area contributed by atoms with Crippen LogP contribution in [0.4, 0.5) is 0 Å². The highest BCUT2D eigenvalue weighted by Gasteiger charge is -0.343. The summed E-state index contributed by atoms with van der Waals surface area (Å²) in [6.45, 7) is 0. The van der Waals surface area contributed by atoms with E-state index in [0.717, 1.165) is 0 Å². The highest BCUT2D eigenvalue weighted by Crippen LogP contribution is -0.280. The van der Waals surface area contributed by atoms with Gasteiger partial charge in [-0.1, -0.05) is 0 Å². The topological polar surface area (TPSA) is 385 Å². The molecule has 0 aromatic carbocycles. The van der Waals surface area contributed by atoms with Crippen LogP contribution in [0.3, 0.4) is 0 Å². The molecule has 0 amide bonds. The monoisotopic (exact) mass is 214 g/mol. The minimum atomic E-state index is 0. The van der Waals surface area contributed by atoms with Gasteiger partial charge in [0, 0.05) is 0 Å². The molecule has 0 fully saturated rings. The summed E-state index contributed by atoms with van der Waals surface area (Å²) in [5.41, 5.74) is 0. The molecule has 0 saturated heterocycles. The number of hydrogen-bond acceptors (Lipinski definition) is 2. The molecule has 0 atom stereocenters. The van der Waals surface area contributed by atoms with E-state index in [2.05, 4.69) is 0 Å². The van der Waals surface area contributed by atoms with Gasteiger partial charge in [-0.05, 0) is 0 Å².